The Hall–Kier alpha value is -1.28. The highest BCUT2D eigenvalue weighted by molar-refractivity contribution is 5.38. The summed E-state index contributed by atoms with van der Waals surface area (Å²) in [5.74, 6) is 0.973. The summed E-state index contributed by atoms with van der Waals surface area (Å²) in [6, 6.07) is 6.79. The smallest absolute Gasteiger partial charge is 0.122 e. The zero-order chi connectivity index (χ0) is 12.7. The molecule has 0 aliphatic carbocycles. The van der Waals surface area contributed by atoms with Gasteiger partial charge in [-0.1, -0.05) is 37.6 Å². The number of nitrogens with one attached hydrogen (secondary N) is 1. The van der Waals surface area contributed by atoms with Gasteiger partial charge in [0.1, 0.15) is 12.4 Å². The van der Waals surface area contributed by atoms with Gasteiger partial charge in [-0.2, -0.15) is 0 Å². The van der Waals surface area contributed by atoms with Gasteiger partial charge in [-0.05, 0) is 25.0 Å². The number of aryl methyl sites for hydroxylation is 1. The van der Waals surface area contributed by atoms with Gasteiger partial charge in [0.15, 0.2) is 0 Å². The summed E-state index contributed by atoms with van der Waals surface area (Å²) < 4.78 is 5.78. The predicted molar refractivity (Wildman–Crippen MR) is 73.7 cm³/mol. The molecule has 94 valence electrons. The molecule has 1 aromatic rings. The topological polar surface area (TPSA) is 21.3 Å². The highest BCUT2D eigenvalue weighted by atomic mass is 16.5. The number of benzene rings is 1. The fourth-order valence-electron chi connectivity index (χ4n) is 1.67. The SMILES string of the molecule is C=CCc1cc(C)ccc1OCCNC(C)C. The van der Waals surface area contributed by atoms with Crippen molar-refractivity contribution in [1.29, 1.82) is 0 Å². The van der Waals surface area contributed by atoms with E-state index in [4.69, 9.17) is 4.74 Å². The van der Waals surface area contributed by atoms with Crippen molar-refractivity contribution in [2.24, 2.45) is 0 Å². The molecule has 0 unspecified atom stereocenters. The van der Waals surface area contributed by atoms with Crippen molar-refractivity contribution in [3.8, 4) is 5.75 Å². The van der Waals surface area contributed by atoms with E-state index < -0.39 is 0 Å². The fraction of sp³-hybridized carbons (Fsp3) is 0.467. The molecule has 1 aromatic carbocycles. The summed E-state index contributed by atoms with van der Waals surface area (Å²) in [6.45, 7) is 11.7. The average Bonchev–Trinajstić information content (AvgIpc) is 2.27. The van der Waals surface area contributed by atoms with Crippen LogP contribution in [-0.2, 0) is 6.42 Å². The summed E-state index contributed by atoms with van der Waals surface area (Å²) in [5, 5.41) is 3.33. The number of ether oxygens (including phenoxy) is 1. The van der Waals surface area contributed by atoms with Crippen molar-refractivity contribution in [3.63, 3.8) is 0 Å². The molecule has 2 nitrogen and oxygen atoms in total. The minimum absolute atomic E-state index is 0.504. The minimum Gasteiger partial charge on any atom is -0.492 e. The molecule has 0 saturated heterocycles. The van der Waals surface area contributed by atoms with Crippen LogP contribution in [0.1, 0.15) is 25.0 Å². The molecule has 0 aliphatic heterocycles. The van der Waals surface area contributed by atoms with Gasteiger partial charge in [-0.15, -0.1) is 6.58 Å². The van der Waals surface area contributed by atoms with Crippen LogP contribution in [0, 0.1) is 6.92 Å². The third kappa shape index (κ3) is 5.05. The molecule has 0 fully saturated rings. The van der Waals surface area contributed by atoms with Crippen molar-refractivity contribution in [1.82, 2.24) is 5.32 Å². The van der Waals surface area contributed by atoms with Crippen LogP contribution in [0.2, 0.25) is 0 Å². The number of hydrogen-bond acceptors (Lipinski definition) is 2. The number of rotatable bonds is 7. The van der Waals surface area contributed by atoms with E-state index in [1.54, 1.807) is 0 Å². The van der Waals surface area contributed by atoms with Crippen molar-refractivity contribution in [2.75, 3.05) is 13.2 Å². The molecule has 0 bridgehead atoms. The van der Waals surface area contributed by atoms with Gasteiger partial charge in [-0.3, -0.25) is 0 Å². The Morgan fingerprint density at radius 2 is 2.18 bits per heavy atom. The van der Waals surface area contributed by atoms with E-state index in [2.05, 4.69) is 44.8 Å². The van der Waals surface area contributed by atoms with E-state index in [0.717, 1.165) is 18.7 Å². The maximum atomic E-state index is 5.78. The Balaban J connectivity index is 2.54. The Morgan fingerprint density at radius 1 is 1.41 bits per heavy atom. The second-order valence-corrected chi connectivity index (χ2v) is 4.56. The summed E-state index contributed by atoms with van der Waals surface area (Å²) in [4.78, 5) is 0. The van der Waals surface area contributed by atoms with Crippen LogP contribution in [0.15, 0.2) is 30.9 Å². The quantitative estimate of drug-likeness (QED) is 0.577. The maximum Gasteiger partial charge on any atom is 0.122 e. The summed E-state index contributed by atoms with van der Waals surface area (Å²) in [5.41, 5.74) is 2.47. The summed E-state index contributed by atoms with van der Waals surface area (Å²) in [7, 11) is 0. The standard InChI is InChI=1S/C15H23NO/c1-5-6-14-11-13(4)7-8-15(14)17-10-9-16-12(2)3/h5,7-8,11-12,16H,1,6,9-10H2,2-4H3. The lowest BCUT2D eigenvalue weighted by atomic mass is 10.1. The van der Waals surface area contributed by atoms with Crippen LogP contribution < -0.4 is 10.1 Å². The van der Waals surface area contributed by atoms with Crippen LogP contribution in [0.25, 0.3) is 0 Å². The molecular weight excluding hydrogens is 210 g/mol. The van der Waals surface area contributed by atoms with Crippen molar-refractivity contribution in [3.05, 3.63) is 42.0 Å². The lowest BCUT2D eigenvalue weighted by molar-refractivity contribution is 0.306. The second kappa shape index (κ2) is 7.13. The van der Waals surface area contributed by atoms with Gasteiger partial charge >= 0.3 is 0 Å². The first-order chi connectivity index (χ1) is 8.13. The molecule has 0 heterocycles. The van der Waals surface area contributed by atoms with Crippen LogP contribution in [0.3, 0.4) is 0 Å². The Morgan fingerprint density at radius 3 is 2.82 bits per heavy atom. The van der Waals surface area contributed by atoms with Gasteiger partial charge in [0.05, 0.1) is 0 Å². The molecule has 0 saturated carbocycles. The van der Waals surface area contributed by atoms with Gasteiger partial charge in [0.25, 0.3) is 0 Å². The van der Waals surface area contributed by atoms with Crippen LogP contribution in [-0.4, -0.2) is 19.2 Å². The molecular formula is C15H23NO. The largest absolute Gasteiger partial charge is 0.492 e. The first kappa shape index (κ1) is 13.8. The first-order valence-corrected chi connectivity index (χ1v) is 6.20. The molecule has 2 heteroatoms. The molecule has 0 spiro atoms. The average molecular weight is 233 g/mol. The molecule has 0 radical (unpaired) electrons. The molecule has 0 aromatic heterocycles. The summed E-state index contributed by atoms with van der Waals surface area (Å²) >= 11 is 0. The highest BCUT2D eigenvalue weighted by Crippen LogP contribution is 2.20. The lowest BCUT2D eigenvalue weighted by Gasteiger charge is -2.13. The third-order valence-corrected chi connectivity index (χ3v) is 2.49. The monoisotopic (exact) mass is 233 g/mol. The molecule has 1 N–H and O–H groups in total. The Bertz CT molecular complexity index is 358. The van der Waals surface area contributed by atoms with Gasteiger partial charge < -0.3 is 10.1 Å². The van der Waals surface area contributed by atoms with Crippen LogP contribution in [0.5, 0.6) is 5.75 Å². The molecule has 0 atom stereocenters. The van der Waals surface area contributed by atoms with Crippen LogP contribution >= 0.6 is 0 Å². The lowest BCUT2D eigenvalue weighted by Crippen LogP contribution is -2.27. The van der Waals surface area contributed by atoms with Crippen LogP contribution in [0.4, 0.5) is 0 Å². The fourth-order valence-corrected chi connectivity index (χ4v) is 1.67. The Labute approximate surface area is 105 Å². The van der Waals surface area contributed by atoms with Gasteiger partial charge in [0.2, 0.25) is 0 Å². The van der Waals surface area contributed by atoms with E-state index in [-0.39, 0.29) is 0 Å². The van der Waals surface area contributed by atoms with E-state index >= 15 is 0 Å². The first-order valence-electron chi connectivity index (χ1n) is 6.20. The highest BCUT2D eigenvalue weighted by Gasteiger charge is 2.02. The van der Waals surface area contributed by atoms with E-state index in [1.807, 2.05) is 12.1 Å². The van der Waals surface area contributed by atoms with Gasteiger partial charge in [-0.25, -0.2) is 0 Å². The molecule has 1 rings (SSSR count). The zero-order valence-electron chi connectivity index (χ0n) is 11.1. The van der Waals surface area contributed by atoms with Crippen molar-refractivity contribution >= 4 is 0 Å². The Kier molecular flexibility index (Phi) is 5.78. The van der Waals surface area contributed by atoms with E-state index in [1.165, 1.54) is 11.1 Å². The second-order valence-electron chi connectivity index (χ2n) is 4.56. The normalized spacial score (nSPS) is 10.6. The molecule has 0 amide bonds. The van der Waals surface area contributed by atoms with Gasteiger partial charge in [0, 0.05) is 12.6 Å². The predicted octanol–water partition coefficient (Wildman–Crippen LogP) is 3.10. The van der Waals surface area contributed by atoms with Crippen molar-refractivity contribution in [2.45, 2.75) is 33.2 Å². The van der Waals surface area contributed by atoms with E-state index in [0.29, 0.717) is 12.6 Å². The molecule has 17 heavy (non-hydrogen) atoms. The summed E-state index contributed by atoms with van der Waals surface area (Å²) in [6.07, 6.45) is 2.77. The molecule has 0 aliphatic rings. The maximum absolute atomic E-state index is 5.78. The zero-order valence-corrected chi connectivity index (χ0v) is 11.1. The number of hydrogen-bond donors (Lipinski definition) is 1. The van der Waals surface area contributed by atoms with Crippen molar-refractivity contribution < 1.29 is 4.74 Å². The third-order valence-electron chi connectivity index (χ3n) is 2.49. The number of allylic oxidation sites excluding steroid dienone is 1. The van der Waals surface area contributed by atoms with E-state index in [9.17, 15) is 0 Å². The minimum atomic E-state index is 0.504.